The summed E-state index contributed by atoms with van der Waals surface area (Å²) in [6.07, 6.45) is 0. The van der Waals surface area contributed by atoms with Gasteiger partial charge in [0.15, 0.2) is 0 Å². The first-order valence-electron chi connectivity index (χ1n) is 2.19. The Bertz CT molecular complexity index is 68.0. The first kappa shape index (κ1) is 43.2. The van der Waals surface area contributed by atoms with Gasteiger partial charge in [0, 0.05) is 0 Å². The first-order valence-corrected chi connectivity index (χ1v) is 6.57. The summed E-state index contributed by atoms with van der Waals surface area (Å²) in [5.74, 6) is 0. The quantitative estimate of drug-likeness (QED) is 0.241. The molecule has 0 aromatic carbocycles. The standard InChI is InChI=1S/4O3P.3Ti/c4*1-4(2)3;;;/q4*-3;3*+4. The van der Waals surface area contributed by atoms with Gasteiger partial charge in [-0.05, 0) is 0 Å². The topological polar surface area (TPSA) is 277 Å². The van der Waals surface area contributed by atoms with Gasteiger partial charge >= 0.3 is 65.2 Å². The van der Waals surface area contributed by atoms with E-state index in [0.717, 1.165) is 0 Å². The minimum absolute atomic E-state index is 0. The molecule has 12 nitrogen and oxygen atoms in total. The van der Waals surface area contributed by atoms with Gasteiger partial charge in [-0.1, -0.05) is 0 Å². The van der Waals surface area contributed by atoms with E-state index >= 15 is 0 Å². The van der Waals surface area contributed by atoms with Crippen LogP contribution in [0.3, 0.4) is 0 Å². The maximum absolute atomic E-state index is 8.48. The Kier molecular flexibility index (Phi) is 85.5. The van der Waals surface area contributed by atoms with E-state index in [2.05, 4.69) is 0 Å². The van der Waals surface area contributed by atoms with Crippen LogP contribution < -0.4 is 58.7 Å². The number of hydrogen-bond acceptors (Lipinski definition) is 12. The van der Waals surface area contributed by atoms with Crippen molar-refractivity contribution in [1.82, 2.24) is 0 Å². The summed E-state index contributed by atoms with van der Waals surface area (Å²) in [5.41, 5.74) is 0. The molecular weight excluding hydrogens is 459 g/mol. The van der Waals surface area contributed by atoms with Crippen LogP contribution in [0.5, 0.6) is 0 Å². The molecule has 0 N–H and O–H groups in total. The van der Waals surface area contributed by atoms with E-state index < -0.39 is 34.4 Å². The molecule has 0 unspecified atom stereocenters. The van der Waals surface area contributed by atoms with Crippen LogP contribution >= 0.6 is 34.4 Å². The predicted molar refractivity (Wildman–Crippen MR) is 27.7 cm³/mol. The van der Waals surface area contributed by atoms with E-state index in [4.69, 9.17) is 58.7 Å². The van der Waals surface area contributed by atoms with Crippen molar-refractivity contribution in [2.75, 3.05) is 0 Å². The molecule has 0 aliphatic carbocycles. The zero-order valence-electron chi connectivity index (χ0n) is 8.19. The summed E-state index contributed by atoms with van der Waals surface area (Å²) in [6, 6.07) is 0. The predicted octanol–water partition coefficient (Wildman–Crippen LogP) is -10.8. The van der Waals surface area contributed by atoms with Gasteiger partial charge in [0.2, 0.25) is 0 Å². The van der Waals surface area contributed by atoms with E-state index in [0.29, 0.717) is 0 Å². The first-order chi connectivity index (χ1) is 6.93. The third-order valence-corrected chi connectivity index (χ3v) is 0. The van der Waals surface area contributed by atoms with E-state index in [1.807, 2.05) is 0 Å². The van der Waals surface area contributed by atoms with E-state index in [1.54, 1.807) is 0 Å². The van der Waals surface area contributed by atoms with Gasteiger partial charge in [0.25, 0.3) is 0 Å². The van der Waals surface area contributed by atoms with Gasteiger partial charge < -0.3 is 93.1 Å². The Morgan fingerprint density at radius 3 is 0.263 bits per heavy atom. The molecule has 0 atom stereocenters. The Labute approximate surface area is 157 Å². The fourth-order valence-corrected chi connectivity index (χ4v) is 0. The monoisotopic (exact) mass is 460 g/mol. The summed E-state index contributed by atoms with van der Waals surface area (Å²) in [4.78, 5) is 102. The Balaban J connectivity index is -0.0000000192. The van der Waals surface area contributed by atoms with Crippen molar-refractivity contribution in [3.63, 3.8) is 0 Å². The second-order valence-corrected chi connectivity index (χ2v) is 2.68. The summed E-state index contributed by atoms with van der Waals surface area (Å²) in [6.45, 7) is 0. The summed E-state index contributed by atoms with van der Waals surface area (Å²) < 4.78 is 0. The molecule has 0 bridgehead atoms. The molecule has 104 valence electrons. The molecule has 0 spiro atoms. The molecule has 0 fully saturated rings. The molecule has 0 amide bonds. The minimum atomic E-state index is -3.37. The molecule has 0 saturated carbocycles. The summed E-state index contributed by atoms with van der Waals surface area (Å²) in [7, 11) is -13.5. The van der Waals surface area contributed by atoms with Crippen molar-refractivity contribution in [2.45, 2.75) is 0 Å². The normalized spacial score (nSPS) is 7.58. The van der Waals surface area contributed by atoms with Crippen molar-refractivity contribution in [2.24, 2.45) is 0 Å². The third-order valence-electron chi connectivity index (χ3n) is 0. The summed E-state index contributed by atoms with van der Waals surface area (Å²) in [5, 5.41) is 0. The van der Waals surface area contributed by atoms with Gasteiger partial charge in [-0.2, -0.15) is 0 Å². The van der Waals surface area contributed by atoms with Crippen LogP contribution in [0, 0.1) is 0 Å². The average Bonchev–Trinajstić information content (AvgIpc) is 1.76. The number of rotatable bonds is 0. The molecule has 0 rings (SSSR count). The van der Waals surface area contributed by atoms with Gasteiger partial charge in [-0.25, -0.2) is 0 Å². The third kappa shape index (κ3) is 702. The maximum Gasteiger partial charge on any atom is 4.00 e. The molecule has 0 aliphatic heterocycles. The van der Waals surface area contributed by atoms with Crippen LogP contribution in [0.4, 0.5) is 0 Å². The van der Waals surface area contributed by atoms with Crippen LogP contribution in [0.2, 0.25) is 0 Å². The second kappa shape index (κ2) is 37.5. The van der Waals surface area contributed by atoms with Crippen LogP contribution in [0.15, 0.2) is 0 Å². The van der Waals surface area contributed by atoms with Gasteiger partial charge in [-0.3, -0.25) is 0 Å². The molecule has 19 heavy (non-hydrogen) atoms. The van der Waals surface area contributed by atoms with Crippen molar-refractivity contribution < 1.29 is 124 Å². The Hall–Kier alpha value is 3.38. The largest absolute Gasteiger partial charge is 4.00 e. The minimum Gasteiger partial charge on any atom is -0.854 e. The Morgan fingerprint density at radius 1 is 0.263 bits per heavy atom. The maximum atomic E-state index is 8.48. The molecule has 0 radical (unpaired) electrons. The van der Waals surface area contributed by atoms with Crippen molar-refractivity contribution in [3.05, 3.63) is 0 Å². The molecule has 19 heteroatoms. The van der Waals surface area contributed by atoms with E-state index in [-0.39, 0.29) is 65.2 Å². The average molecular weight is 459 g/mol. The number of hydrogen-bond donors (Lipinski definition) is 0. The molecule has 0 aliphatic rings. The molecule has 0 aromatic heterocycles. The van der Waals surface area contributed by atoms with Gasteiger partial charge in [-0.15, -0.1) is 0 Å². The molecule has 0 saturated heterocycles. The molecule has 0 heterocycles. The zero-order chi connectivity index (χ0) is 14.3. The summed E-state index contributed by atoms with van der Waals surface area (Å²) >= 11 is 0. The Morgan fingerprint density at radius 2 is 0.263 bits per heavy atom. The van der Waals surface area contributed by atoms with Gasteiger partial charge in [0.1, 0.15) is 0 Å². The van der Waals surface area contributed by atoms with Crippen LogP contribution in [-0.2, 0) is 65.2 Å². The van der Waals surface area contributed by atoms with Crippen molar-refractivity contribution >= 4 is 34.4 Å². The smallest absolute Gasteiger partial charge is 0.854 e. The van der Waals surface area contributed by atoms with Gasteiger partial charge in [0.05, 0.1) is 0 Å². The fourth-order valence-electron chi connectivity index (χ4n) is 0. The zero-order valence-corrected chi connectivity index (χ0v) is 16.5. The SMILES string of the molecule is [O-]P([O-])[O-].[O-]P([O-])[O-].[O-]P([O-])[O-].[O-]P([O-])[O-].[Ti+4].[Ti+4].[Ti+4]. The van der Waals surface area contributed by atoms with Crippen molar-refractivity contribution in [3.8, 4) is 0 Å². The second-order valence-electron chi connectivity index (χ2n) is 0.894. The fraction of sp³-hybridized carbons (Fsp3) is 0. The van der Waals surface area contributed by atoms with Crippen molar-refractivity contribution in [1.29, 1.82) is 0 Å². The van der Waals surface area contributed by atoms with Crippen LogP contribution in [0.25, 0.3) is 0 Å². The molecule has 0 aromatic rings. The van der Waals surface area contributed by atoms with Crippen LogP contribution in [-0.4, -0.2) is 0 Å². The van der Waals surface area contributed by atoms with E-state index in [1.165, 1.54) is 0 Å². The van der Waals surface area contributed by atoms with E-state index in [9.17, 15) is 0 Å². The molecular formula is O12P4Ti3. The van der Waals surface area contributed by atoms with Crippen LogP contribution in [0.1, 0.15) is 0 Å².